The van der Waals surface area contributed by atoms with Crippen molar-refractivity contribution in [2.24, 2.45) is 11.7 Å². The first-order chi connectivity index (χ1) is 4.63. The van der Waals surface area contributed by atoms with Crippen molar-refractivity contribution in [2.75, 3.05) is 13.7 Å². The molecule has 0 bridgehead atoms. The van der Waals surface area contributed by atoms with Crippen LogP contribution in [0.2, 0.25) is 0 Å². The molecule has 0 saturated heterocycles. The van der Waals surface area contributed by atoms with Gasteiger partial charge >= 0.3 is 11.9 Å². The molecule has 0 aromatic carbocycles. The lowest BCUT2D eigenvalue weighted by atomic mass is 10.1. The van der Waals surface area contributed by atoms with Gasteiger partial charge in [-0.05, 0) is 0 Å². The lowest BCUT2D eigenvalue weighted by molar-refractivity contribution is -0.156. The molecule has 1 unspecified atom stereocenters. The molecule has 0 aliphatic rings. The molecule has 1 atom stereocenters. The van der Waals surface area contributed by atoms with Crippen LogP contribution in [0.5, 0.6) is 0 Å². The first kappa shape index (κ1) is 8.90. The molecule has 5 nitrogen and oxygen atoms in total. The average Bonchev–Trinajstić information content (AvgIpc) is 1.88. The van der Waals surface area contributed by atoms with Gasteiger partial charge in [-0.25, -0.2) is 0 Å². The molecule has 0 aromatic heterocycles. The maximum atomic E-state index is 10.5. The first-order valence-electron chi connectivity index (χ1n) is 2.64. The van der Waals surface area contributed by atoms with E-state index in [0.717, 1.165) is 7.11 Å². The fourth-order valence-corrected chi connectivity index (χ4v) is 0.440. The number of carbonyl (C=O) groups excluding carboxylic acids is 1. The number of aliphatic carboxylic acids is 1. The van der Waals surface area contributed by atoms with Crippen LogP contribution in [0.4, 0.5) is 0 Å². The summed E-state index contributed by atoms with van der Waals surface area (Å²) in [5.74, 6) is -3.30. The summed E-state index contributed by atoms with van der Waals surface area (Å²) in [6.07, 6.45) is 0. The Morgan fingerprint density at radius 3 is 2.30 bits per heavy atom. The topological polar surface area (TPSA) is 89.6 Å². The van der Waals surface area contributed by atoms with Crippen molar-refractivity contribution < 1.29 is 19.4 Å². The van der Waals surface area contributed by atoms with Crippen molar-refractivity contribution >= 4 is 11.9 Å². The summed E-state index contributed by atoms with van der Waals surface area (Å²) in [5.41, 5.74) is 4.97. The van der Waals surface area contributed by atoms with Crippen LogP contribution in [0, 0.1) is 5.92 Å². The van der Waals surface area contributed by atoms with E-state index in [1.165, 1.54) is 0 Å². The van der Waals surface area contributed by atoms with Gasteiger partial charge in [0.2, 0.25) is 0 Å². The highest BCUT2D eigenvalue weighted by Crippen LogP contribution is 1.95. The van der Waals surface area contributed by atoms with E-state index in [0.29, 0.717) is 0 Å². The third-order valence-electron chi connectivity index (χ3n) is 1.02. The van der Waals surface area contributed by atoms with Crippen molar-refractivity contribution in [1.29, 1.82) is 0 Å². The summed E-state index contributed by atoms with van der Waals surface area (Å²) in [7, 11) is 1.12. The largest absolute Gasteiger partial charge is 0.481 e. The van der Waals surface area contributed by atoms with Gasteiger partial charge in [-0.15, -0.1) is 0 Å². The van der Waals surface area contributed by atoms with Gasteiger partial charge in [0.15, 0.2) is 5.92 Å². The molecule has 0 fully saturated rings. The molecular weight excluding hydrogens is 138 g/mol. The number of nitrogens with two attached hydrogens (primary N) is 1. The Morgan fingerprint density at radius 1 is 1.70 bits per heavy atom. The summed E-state index contributed by atoms with van der Waals surface area (Å²) in [6.45, 7) is -0.234. The van der Waals surface area contributed by atoms with Gasteiger partial charge in [-0.1, -0.05) is 0 Å². The van der Waals surface area contributed by atoms with Crippen LogP contribution < -0.4 is 5.73 Å². The minimum absolute atomic E-state index is 0.234. The van der Waals surface area contributed by atoms with Crippen LogP contribution in [-0.4, -0.2) is 30.7 Å². The van der Waals surface area contributed by atoms with E-state index in [4.69, 9.17) is 10.8 Å². The normalized spacial score (nSPS) is 12.2. The molecule has 0 saturated carbocycles. The van der Waals surface area contributed by atoms with E-state index in [-0.39, 0.29) is 6.54 Å². The van der Waals surface area contributed by atoms with E-state index in [1.54, 1.807) is 0 Å². The third-order valence-corrected chi connectivity index (χ3v) is 1.02. The molecular formula is C5H9NO4. The number of rotatable bonds is 3. The predicted octanol–water partition coefficient (Wildman–Crippen LogP) is -1.18. The highest BCUT2D eigenvalue weighted by molar-refractivity contribution is 5.94. The monoisotopic (exact) mass is 147 g/mol. The van der Waals surface area contributed by atoms with Gasteiger partial charge < -0.3 is 15.6 Å². The zero-order valence-corrected chi connectivity index (χ0v) is 5.53. The highest BCUT2D eigenvalue weighted by Gasteiger charge is 2.24. The van der Waals surface area contributed by atoms with Crippen molar-refractivity contribution in [3.05, 3.63) is 0 Å². The second-order valence-electron chi connectivity index (χ2n) is 1.65. The maximum Gasteiger partial charge on any atom is 0.321 e. The van der Waals surface area contributed by atoms with E-state index in [9.17, 15) is 9.59 Å². The maximum absolute atomic E-state index is 10.5. The number of esters is 1. The summed E-state index contributed by atoms with van der Waals surface area (Å²) in [4.78, 5) is 20.7. The number of methoxy groups -OCH3 is 1. The van der Waals surface area contributed by atoms with Gasteiger partial charge in [0.05, 0.1) is 7.11 Å². The Labute approximate surface area is 57.8 Å². The Balaban J connectivity index is 4.06. The van der Waals surface area contributed by atoms with Gasteiger partial charge in [0.1, 0.15) is 0 Å². The van der Waals surface area contributed by atoms with Crippen molar-refractivity contribution in [1.82, 2.24) is 0 Å². The summed E-state index contributed by atoms with van der Waals surface area (Å²) in [6, 6.07) is 0. The van der Waals surface area contributed by atoms with Crippen LogP contribution in [0.15, 0.2) is 0 Å². The van der Waals surface area contributed by atoms with Crippen molar-refractivity contribution in [3.63, 3.8) is 0 Å². The molecule has 0 aromatic rings. The molecule has 58 valence electrons. The SMILES string of the molecule is COC(=O)C(CN)C(=O)O. The molecule has 0 aliphatic carbocycles. The molecule has 0 amide bonds. The molecule has 3 N–H and O–H groups in total. The summed E-state index contributed by atoms with van der Waals surface area (Å²) >= 11 is 0. The van der Waals surface area contributed by atoms with Gasteiger partial charge in [-0.3, -0.25) is 9.59 Å². The molecule has 5 heteroatoms. The molecule has 10 heavy (non-hydrogen) atoms. The van der Waals surface area contributed by atoms with E-state index in [1.807, 2.05) is 0 Å². The Morgan fingerprint density at radius 2 is 2.20 bits per heavy atom. The summed E-state index contributed by atoms with van der Waals surface area (Å²) < 4.78 is 4.16. The number of carboxylic acid groups (broad SMARTS) is 1. The van der Waals surface area contributed by atoms with Crippen molar-refractivity contribution in [2.45, 2.75) is 0 Å². The van der Waals surface area contributed by atoms with Gasteiger partial charge in [0, 0.05) is 6.54 Å². The van der Waals surface area contributed by atoms with Crippen LogP contribution in [0.1, 0.15) is 0 Å². The highest BCUT2D eigenvalue weighted by atomic mass is 16.5. The minimum Gasteiger partial charge on any atom is -0.481 e. The fraction of sp³-hybridized carbons (Fsp3) is 0.600. The molecule has 0 rings (SSSR count). The zero-order chi connectivity index (χ0) is 8.15. The van der Waals surface area contributed by atoms with E-state index in [2.05, 4.69) is 4.74 Å². The molecule has 0 heterocycles. The van der Waals surface area contributed by atoms with E-state index < -0.39 is 17.9 Å². The number of hydrogen-bond acceptors (Lipinski definition) is 4. The number of hydrogen-bond donors (Lipinski definition) is 2. The lowest BCUT2D eigenvalue weighted by Crippen LogP contribution is -2.31. The number of ether oxygens (including phenoxy) is 1. The van der Waals surface area contributed by atoms with Gasteiger partial charge in [-0.2, -0.15) is 0 Å². The fourth-order valence-electron chi connectivity index (χ4n) is 0.440. The Kier molecular flexibility index (Phi) is 3.42. The zero-order valence-electron chi connectivity index (χ0n) is 5.53. The van der Waals surface area contributed by atoms with Crippen molar-refractivity contribution in [3.8, 4) is 0 Å². The Bertz CT molecular complexity index is 145. The van der Waals surface area contributed by atoms with Crippen LogP contribution in [-0.2, 0) is 14.3 Å². The van der Waals surface area contributed by atoms with Crippen LogP contribution >= 0.6 is 0 Å². The van der Waals surface area contributed by atoms with Crippen LogP contribution in [0.25, 0.3) is 0 Å². The quantitative estimate of drug-likeness (QED) is 0.387. The standard InChI is InChI=1S/C5H9NO4/c1-10-5(9)3(2-6)4(7)8/h3H,2,6H2,1H3,(H,7,8). The average molecular weight is 147 g/mol. The van der Waals surface area contributed by atoms with E-state index >= 15 is 0 Å². The minimum atomic E-state index is -1.26. The number of carboxylic acids is 1. The second-order valence-corrected chi connectivity index (χ2v) is 1.65. The Hall–Kier alpha value is -1.10. The molecule has 0 spiro atoms. The smallest absolute Gasteiger partial charge is 0.321 e. The van der Waals surface area contributed by atoms with Gasteiger partial charge in [0.25, 0.3) is 0 Å². The molecule has 0 aliphatic heterocycles. The van der Waals surface area contributed by atoms with Crippen LogP contribution in [0.3, 0.4) is 0 Å². The lowest BCUT2D eigenvalue weighted by Gasteiger charge is -2.04. The predicted molar refractivity (Wildman–Crippen MR) is 32.2 cm³/mol. The first-order valence-corrected chi connectivity index (χ1v) is 2.64. The number of carbonyl (C=O) groups is 2. The molecule has 0 radical (unpaired) electrons. The third kappa shape index (κ3) is 2.02. The second kappa shape index (κ2) is 3.84. The summed E-state index contributed by atoms with van der Waals surface area (Å²) in [5, 5.41) is 8.29.